The fourth-order valence-electron chi connectivity index (χ4n) is 4.74. The molecule has 3 aliphatic rings. The van der Waals surface area contributed by atoms with Crippen molar-refractivity contribution in [2.24, 2.45) is 5.92 Å². The number of nitrogens with zero attached hydrogens (tertiary/aromatic N) is 1. The van der Waals surface area contributed by atoms with Crippen LogP contribution >= 0.6 is 0 Å². The zero-order valence-electron chi connectivity index (χ0n) is 14.7. The van der Waals surface area contributed by atoms with E-state index in [0.29, 0.717) is 12.5 Å². The topological polar surface area (TPSA) is 49.8 Å². The predicted octanol–water partition coefficient (Wildman–Crippen LogP) is 3.27. The summed E-state index contributed by atoms with van der Waals surface area (Å²) in [6.07, 6.45) is 11.2. The molecule has 23 heavy (non-hydrogen) atoms. The Balaban J connectivity index is 1.56. The Morgan fingerprint density at radius 1 is 1.13 bits per heavy atom. The summed E-state index contributed by atoms with van der Waals surface area (Å²) in [5.74, 6) is 0.634. The van der Waals surface area contributed by atoms with Crippen LogP contribution in [0.3, 0.4) is 0 Å². The number of likely N-dealkylation sites (tertiary alicyclic amines) is 1. The molecule has 1 aliphatic carbocycles. The number of hydrogen-bond donors (Lipinski definition) is 1. The van der Waals surface area contributed by atoms with E-state index in [0.717, 1.165) is 58.0 Å². The van der Waals surface area contributed by atoms with Gasteiger partial charge < -0.3 is 14.7 Å². The summed E-state index contributed by atoms with van der Waals surface area (Å²) < 4.78 is 6.10. The molecule has 0 aromatic heterocycles. The normalized spacial score (nSPS) is 32.7. The standard InChI is InChI=1S/C19H33NO3/c1-2-18(22)11-14-23-19(15-18)9-12-20(13-10-19)17(21)16-7-5-3-4-6-8-16/h16,22H,2-15H2,1H3. The van der Waals surface area contributed by atoms with Crippen LogP contribution in [0.5, 0.6) is 0 Å². The zero-order chi connectivity index (χ0) is 16.3. The van der Waals surface area contributed by atoms with Gasteiger partial charge in [-0.05, 0) is 38.5 Å². The smallest absolute Gasteiger partial charge is 0.225 e. The molecule has 1 unspecified atom stereocenters. The monoisotopic (exact) mass is 323 g/mol. The summed E-state index contributed by atoms with van der Waals surface area (Å²) in [7, 11) is 0. The van der Waals surface area contributed by atoms with E-state index in [4.69, 9.17) is 4.74 Å². The minimum absolute atomic E-state index is 0.191. The van der Waals surface area contributed by atoms with Crippen LogP contribution in [0.4, 0.5) is 0 Å². The highest BCUT2D eigenvalue weighted by Gasteiger charge is 2.46. The molecule has 1 amide bonds. The van der Waals surface area contributed by atoms with E-state index in [9.17, 15) is 9.90 Å². The summed E-state index contributed by atoms with van der Waals surface area (Å²) >= 11 is 0. The van der Waals surface area contributed by atoms with Crippen molar-refractivity contribution in [3.63, 3.8) is 0 Å². The van der Waals surface area contributed by atoms with Gasteiger partial charge in [0.15, 0.2) is 0 Å². The Hall–Kier alpha value is -0.610. The van der Waals surface area contributed by atoms with Crippen LogP contribution in [0.15, 0.2) is 0 Å². The summed E-state index contributed by atoms with van der Waals surface area (Å²) in [5, 5.41) is 10.6. The van der Waals surface area contributed by atoms with Gasteiger partial charge in [0.1, 0.15) is 0 Å². The average molecular weight is 323 g/mol. The molecule has 4 heteroatoms. The lowest BCUT2D eigenvalue weighted by atomic mass is 9.75. The third-order valence-corrected chi connectivity index (χ3v) is 6.48. The first-order chi connectivity index (χ1) is 11.1. The lowest BCUT2D eigenvalue weighted by Gasteiger charge is -2.49. The van der Waals surface area contributed by atoms with E-state index in [1.54, 1.807) is 0 Å². The lowest BCUT2D eigenvalue weighted by Crippen LogP contribution is -2.55. The molecule has 3 fully saturated rings. The highest BCUT2D eigenvalue weighted by atomic mass is 16.5. The third kappa shape index (κ3) is 3.90. The third-order valence-electron chi connectivity index (χ3n) is 6.48. The van der Waals surface area contributed by atoms with Crippen molar-refractivity contribution >= 4 is 5.91 Å². The van der Waals surface area contributed by atoms with Crippen LogP contribution in [-0.2, 0) is 9.53 Å². The first kappa shape index (κ1) is 17.2. The highest BCUT2D eigenvalue weighted by Crippen LogP contribution is 2.41. The number of amides is 1. The van der Waals surface area contributed by atoms with Crippen LogP contribution in [-0.4, -0.2) is 46.8 Å². The summed E-state index contributed by atoms with van der Waals surface area (Å²) in [4.78, 5) is 14.9. The van der Waals surface area contributed by atoms with E-state index in [1.165, 1.54) is 25.7 Å². The van der Waals surface area contributed by atoms with Gasteiger partial charge in [0.05, 0.1) is 17.8 Å². The van der Waals surface area contributed by atoms with Gasteiger partial charge in [-0.15, -0.1) is 0 Å². The molecule has 3 rings (SSSR count). The van der Waals surface area contributed by atoms with Gasteiger partial charge in [-0.25, -0.2) is 0 Å². The number of ether oxygens (including phenoxy) is 1. The minimum atomic E-state index is -0.564. The molecule has 132 valence electrons. The minimum Gasteiger partial charge on any atom is -0.390 e. The van der Waals surface area contributed by atoms with E-state index < -0.39 is 5.60 Å². The van der Waals surface area contributed by atoms with Crippen LogP contribution < -0.4 is 0 Å². The second-order valence-corrected chi connectivity index (χ2v) is 8.05. The van der Waals surface area contributed by atoms with Gasteiger partial charge >= 0.3 is 0 Å². The van der Waals surface area contributed by atoms with Crippen molar-refractivity contribution in [1.29, 1.82) is 0 Å². The molecule has 0 radical (unpaired) electrons. The van der Waals surface area contributed by atoms with E-state index in [-0.39, 0.29) is 11.5 Å². The number of piperidine rings is 1. The Bertz CT molecular complexity index is 409. The van der Waals surface area contributed by atoms with Gasteiger partial charge in [0, 0.05) is 25.4 Å². The van der Waals surface area contributed by atoms with E-state index in [1.807, 2.05) is 0 Å². The second kappa shape index (κ2) is 7.10. The predicted molar refractivity (Wildman–Crippen MR) is 90.2 cm³/mol. The zero-order valence-corrected chi connectivity index (χ0v) is 14.7. The Kier molecular flexibility index (Phi) is 5.32. The Labute approximate surface area is 140 Å². The van der Waals surface area contributed by atoms with Gasteiger partial charge in [0.2, 0.25) is 5.91 Å². The van der Waals surface area contributed by atoms with Crippen LogP contribution in [0.25, 0.3) is 0 Å². The van der Waals surface area contributed by atoms with Gasteiger partial charge in [-0.1, -0.05) is 32.6 Å². The summed E-state index contributed by atoms with van der Waals surface area (Å²) in [6, 6.07) is 0. The average Bonchev–Trinajstić information content (AvgIpc) is 2.84. The second-order valence-electron chi connectivity index (χ2n) is 8.05. The van der Waals surface area contributed by atoms with Crippen molar-refractivity contribution in [3.05, 3.63) is 0 Å². The molecule has 1 saturated carbocycles. The molecule has 0 aromatic carbocycles. The molecule has 1 spiro atoms. The quantitative estimate of drug-likeness (QED) is 0.794. The maximum Gasteiger partial charge on any atom is 0.225 e. The van der Waals surface area contributed by atoms with Gasteiger partial charge in [-0.3, -0.25) is 4.79 Å². The maximum absolute atomic E-state index is 12.8. The molecule has 0 bridgehead atoms. The maximum atomic E-state index is 12.8. The molecule has 1 N–H and O–H groups in total. The molecule has 1 atom stereocenters. The number of rotatable bonds is 2. The van der Waals surface area contributed by atoms with Gasteiger partial charge in [0.25, 0.3) is 0 Å². The molecule has 0 aromatic rings. The first-order valence-electron chi connectivity index (χ1n) is 9.71. The molecule has 4 nitrogen and oxygen atoms in total. The van der Waals surface area contributed by atoms with Crippen LogP contribution in [0.1, 0.15) is 77.6 Å². The largest absolute Gasteiger partial charge is 0.390 e. The van der Waals surface area contributed by atoms with Crippen LogP contribution in [0, 0.1) is 5.92 Å². The number of aliphatic hydroxyl groups is 1. The molecule has 2 aliphatic heterocycles. The molecule has 2 heterocycles. The Morgan fingerprint density at radius 3 is 2.39 bits per heavy atom. The van der Waals surface area contributed by atoms with Crippen LogP contribution in [0.2, 0.25) is 0 Å². The van der Waals surface area contributed by atoms with Crippen molar-refractivity contribution in [3.8, 4) is 0 Å². The SMILES string of the molecule is CCC1(O)CCOC2(CCN(C(=O)C3CCCCCC3)CC2)C1. The molecule has 2 saturated heterocycles. The Morgan fingerprint density at radius 2 is 1.78 bits per heavy atom. The fraction of sp³-hybridized carbons (Fsp3) is 0.947. The fourth-order valence-corrected chi connectivity index (χ4v) is 4.74. The van der Waals surface area contributed by atoms with Crippen molar-refractivity contribution in [2.45, 2.75) is 88.8 Å². The number of carbonyl (C=O) groups is 1. The molecular formula is C19H33NO3. The summed E-state index contributed by atoms with van der Waals surface area (Å²) in [5.41, 5.74) is -0.755. The van der Waals surface area contributed by atoms with Crippen molar-refractivity contribution < 1.29 is 14.6 Å². The number of carbonyl (C=O) groups excluding carboxylic acids is 1. The number of hydrogen-bond acceptors (Lipinski definition) is 3. The lowest BCUT2D eigenvalue weighted by molar-refractivity contribution is -0.181. The molecular weight excluding hydrogens is 290 g/mol. The van der Waals surface area contributed by atoms with Crippen molar-refractivity contribution in [2.75, 3.05) is 19.7 Å². The van der Waals surface area contributed by atoms with E-state index in [2.05, 4.69) is 11.8 Å². The first-order valence-corrected chi connectivity index (χ1v) is 9.71. The summed E-state index contributed by atoms with van der Waals surface area (Å²) in [6.45, 7) is 4.31. The highest BCUT2D eigenvalue weighted by molar-refractivity contribution is 5.79. The van der Waals surface area contributed by atoms with Gasteiger partial charge in [-0.2, -0.15) is 0 Å². The van der Waals surface area contributed by atoms with Crippen molar-refractivity contribution in [1.82, 2.24) is 4.90 Å². The van der Waals surface area contributed by atoms with E-state index >= 15 is 0 Å².